The molecular formula is C19H25NO. The smallest absolute Gasteiger partial charge is 0.122 e. The minimum Gasteiger partial charge on any atom is -0.493 e. The molecule has 5 rings (SSSR count). The van der Waals surface area contributed by atoms with Crippen molar-refractivity contribution in [3.8, 4) is 5.75 Å². The lowest BCUT2D eigenvalue weighted by atomic mass is 9.79. The molecule has 1 aromatic carbocycles. The van der Waals surface area contributed by atoms with Gasteiger partial charge in [0.2, 0.25) is 0 Å². The number of ether oxygens (including phenoxy) is 1. The van der Waals surface area contributed by atoms with Gasteiger partial charge in [-0.05, 0) is 66.5 Å². The summed E-state index contributed by atoms with van der Waals surface area (Å²) in [6, 6.07) is 7.54. The molecule has 21 heavy (non-hydrogen) atoms. The van der Waals surface area contributed by atoms with E-state index in [1.54, 1.807) is 0 Å². The molecule has 3 fully saturated rings. The van der Waals surface area contributed by atoms with Crippen molar-refractivity contribution in [1.29, 1.82) is 0 Å². The van der Waals surface area contributed by atoms with E-state index in [0.29, 0.717) is 0 Å². The molecule has 1 N–H and O–H groups in total. The predicted octanol–water partition coefficient (Wildman–Crippen LogP) is 3.54. The van der Waals surface area contributed by atoms with Gasteiger partial charge in [0.1, 0.15) is 5.75 Å². The molecule has 5 unspecified atom stereocenters. The number of hydrogen-bond donors (Lipinski definition) is 1. The molecule has 2 nitrogen and oxygen atoms in total. The van der Waals surface area contributed by atoms with Crippen molar-refractivity contribution < 1.29 is 4.74 Å². The Hall–Kier alpha value is -1.02. The van der Waals surface area contributed by atoms with Crippen molar-refractivity contribution in [2.75, 3.05) is 6.61 Å². The molecule has 2 heteroatoms. The van der Waals surface area contributed by atoms with Gasteiger partial charge in [0, 0.05) is 19.0 Å². The van der Waals surface area contributed by atoms with Crippen LogP contribution >= 0.6 is 0 Å². The van der Waals surface area contributed by atoms with Gasteiger partial charge >= 0.3 is 0 Å². The van der Waals surface area contributed by atoms with Crippen LogP contribution in [0, 0.1) is 23.7 Å². The van der Waals surface area contributed by atoms with E-state index in [1.807, 2.05) is 0 Å². The zero-order chi connectivity index (χ0) is 13.8. The highest BCUT2D eigenvalue weighted by molar-refractivity contribution is 5.39. The Labute approximate surface area is 127 Å². The van der Waals surface area contributed by atoms with Crippen LogP contribution in [0.25, 0.3) is 0 Å². The van der Waals surface area contributed by atoms with Crippen LogP contribution in [0.2, 0.25) is 0 Å². The van der Waals surface area contributed by atoms with Gasteiger partial charge in [-0.3, -0.25) is 0 Å². The normalized spacial score (nSPS) is 39.3. The first-order chi connectivity index (χ1) is 10.4. The summed E-state index contributed by atoms with van der Waals surface area (Å²) in [7, 11) is 0. The topological polar surface area (TPSA) is 21.3 Å². The van der Waals surface area contributed by atoms with Crippen molar-refractivity contribution in [1.82, 2.24) is 5.32 Å². The zero-order valence-corrected chi connectivity index (χ0v) is 12.7. The lowest BCUT2D eigenvalue weighted by Gasteiger charge is -2.32. The third-order valence-electron chi connectivity index (χ3n) is 6.75. The molecule has 0 saturated heterocycles. The van der Waals surface area contributed by atoms with Crippen LogP contribution in [0.1, 0.15) is 43.2 Å². The fourth-order valence-electron chi connectivity index (χ4n) is 5.90. The number of nitrogens with one attached hydrogen (secondary N) is 1. The SMILES string of the molecule is c1cc2c(cc1CNC1CC3CC1C1CCCC31)CCO2. The van der Waals surface area contributed by atoms with Gasteiger partial charge in [0.05, 0.1) is 6.61 Å². The first-order valence-corrected chi connectivity index (χ1v) is 8.86. The van der Waals surface area contributed by atoms with Gasteiger partial charge in [-0.25, -0.2) is 0 Å². The predicted molar refractivity (Wildman–Crippen MR) is 83.3 cm³/mol. The molecule has 112 valence electrons. The Morgan fingerprint density at radius 3 is 3.05 bits per heavy atom. The molecule has 0 aromatic heterocycles. The molecule has 1 aromatic rings. The zero-order valence-electron chi connectivity index (χ0n) is 12.7. The third-order valence-corrected chi connectivity index (χ3v) is 6.75. The lowest BCUT2D eigenvalue weighted by molar-refractivity contribution is 0.208. The largest absolute Gasteiger partial charge is 0.493 e. The van der Waals surface area contributed by atoms with Gasteiger partial charge in [0.15, 0.2) is 0 Å². The quantitative estimate of drug-likeness (QED) is 0.916. The summed E-state index contributed by atoms with van der Waals surface area (Å²) in [6.45, 7) is 1.90. The Bertz CT molecular complexity index is 554. The first-order valence-electron chi connectivity index (χ1n) is 8.86. The molecule has 2 bridgehead atoms. The Morgan fingerprint density at radius 2 is 2.05 bits per heavy atom. The average Bonchev–Trinajstić information content (AvgIpc) is 3.24. The van der Waals surface area contributed by atoms with E-state index in [2.05, 4.69) is 23.5 Å². The molecule has 1 aliphatic heterocycles. The summed E-state index contributed by atoms with van der Waals surface area (Å²) in [5, 5.41) is 3.89. The van der Waals surface area contributed by atoms with E-state index in [0.717, 1.165) is 55.0 Å². The molecule has 0 spiro atoms. The van der Waals surface area contributed by atoms with Crippen molar-refractivity contribution in [2.45, 2.75) is 51.1 Å². The van der Waals surface area contributed by atoms with E-state index in [4.69, 9.17) is 4.74 Å². The minimum atomic E-state index is 0.791. The molecular weight excluding hydrogens is 258 g/mol. The van der Waals surface area contributed by atoms with Crippen LogP contribution in [-0.2, 0) is 13.0 Å². The third kappa shape index (κ3) is 1.95. The second-order valence-electron chi connectivity index (χ2n) is 7.68. The highest BCUT2D eigenvalue weighted by Gasteiger charge is 2.53. The van der Waals surface area contributed by atoms with Crippen molar-refractivity contribution in [3.05, 3.63) is 29.3 Å². The summed E-state index contributed by atoms with van der Waals surface area (Å²) in [4.78, 5) is 0. The van der Waals surface area contributed by atoms with Gasteiger partial charge < -0.3 is 10.1 Å². The fraction of sp³-hybridized carbons (Fsp3) is 0.684. The summed E-state index contributed by atoms with van der Waals surface area (Å²) in [5.41, 5.74) is 2.84. The van der Waals surface area contributed by atoms with E-state index < -0.39 is 0 Å². The van der Waals surface area contributed by atoms with Crippen LogP contribution in [0.15, 0.2) is 18.2 Å². The van der Waals surface area contributed by atoms with Crippen LogP contribution in [0.5, 0.6) is 5.75 Å². The summed E-state index contributed by atoms with van der Waals surface area (Å²) in [5.74, 6) is 5.31. The minimum absolute atomic E-state index is 0.791. The Morgan fingerprint density at radius 1 is 1.10 bits per heavy atom. The Balaban J connectivity index is 1.25. The number of rotatable bonds is 3. The molecule has 3 aliphatic carbocycles. The van der Waals surface area contributed by atoms with Crippen molar-refractivity contribution in [3.63, 3.8) is 0 Å². The van der Waals surface area contributed by atoms with Gasteiger partial charge in [0.25, 0.3) is 0 Å². The van der Waals surface area contributed by atoms with Gasteiger partial charge in [-0.15, -0.1) is 0 Å². The first kappa shape index (κ1) is 12.5. The highest BCUT2D eigenvalue weighted by atomic mass is 16.5. The summed E-state index contributed by atoms with van der Waals surface area (Å²) in [6.07, 6.45) is 8.59. The van der Waals surface area contributed by atoms with Crippen LogP contribution in [0.3, 0.4) is 0 Å². The standard InChI is InChI=1S/C19H25NO/c1-2-15-14-9-17(16(15)3-1)18(10-14)20-11-12-4-5-19-13(8-12)6-7-21-19/h4-5,8,14-18,20H,1-3,6-7,9-11H2. The summed E-state index contributed by atoms with van der Waals surface area (Å²) < 4.78 is 5.60. The fourth-order valence-corrected chi connectivity index (χ4v) is 5.90. The highest BCUT2D eigenvalue weighted by Crippen LogP contribution is 2.58. The molecule has 5 atom stereocenters. The van der Waals surface area contributed by atoms with Crippen molar-refractivity contribution in [2.24, 2.45) is 23.7 Å². The van der Waals surface area contributed by atoms with Crippen LogP contribution in [-0.4, -0.2) is 12.6 Å². The number of fused-ring (bicyclic) bond motifs is 6. The van der Waals surface area contributed by atoms with Gasteiger partial charge in [-0.1, -0.05) is 18.6 Å². The number of hydrogen-bond acceptors (Lipinski definition) is 2. The van der Waals surface area contributed by atoms with E-state index in [9.17, 15) is 0 Å². The summed E-state index contributed by atoms with van der Waals surface area (Å²) >= 11 is 0. The molecule has 0 amide bonds. The monoisotopic (exact) mass is 283 g/mol. The maximum absolute atomic E-state index is 5.60. The maximum Gasteiger partial charge on any atom is 0.122 e. The average molecular weight is 283 g/mol. The second kappa shape index (κ2) is 4.74. The van der Waals surface area contributed by atoms with E-state index >= 15 is 0 Å². The molecule has 1 heterocycles. The van der Waals surface area contributed by atoms with Crippen LogP contribution < -0.4 is 10.1 Å². The van der Waals surface area contributed by atoms with Gasteiger partial charge in [-0.2, -0.15) is 0 Å². The second-order valence-corrected chi connectivity index (χ2v) is 7.68. The number of benzene rings is 1. The molecule has 4 aliphatic rings. The Kier molecular flexibility index (Phi) is 2.83. The van der Waals surface area contributed by atoms with E-state index in [1.165, 1.54) is 43.2 Å². The van der Waals surface area contributed by atoms with Crippen molar-refractivity contribution >= 4 is 0 Å². The lowest BCUT2D eigenvalue weighted by Crippen LogP contribution is -2.38. The molecule has 3 saturated carbocycles. The maximum atomic E-state index is 5.60. The molecule has 0 radical (unpaired) electrons. The van der Waals surface area contributed by atoms with Crippen LogP contribution in [0.4, 0.5) is 0 Å². The van der Waals surface area contributed by atoms with E-state index in [-0.39, 0.29) is 0 Å².